The van der Waals surface area contributed by atoms with Crippen LogP contribution in [0, 0.1) is 0 Å². The van der Waals surface area contributed by atoms with Crippen LogP contribution in [0.25, 0.3) is 10.2 Å². The van der Waals surface area contributed by atoms with Gasteiger partial charge in [0.05, 0.1) is 15.7 Å². The van der Waals surface area contributed by atoms with Crippen molar-refractivity contribution in [3.63, 3.8) is 0 Å². The van der Waals surface area contributed by atoms with Crippen LogP contribution in [0.15, 0.2) is 23.7 Å². The Morgan fingerprint density at radius 2 is 1.96 bits per heavy atom. The molecule has 0 bridgehead atoms. The highest BCUT2D eigenvalue weighted by Gasteiger charge is 2.55. The van der Waals surface area contributed by atoms with Gasteiger partial charge in [-0.05, 0) is 24.5 Å². The van der Waals surface area contributed by atoms with E-state index in [9.17, 15) is 9.59 Å². The van der Waals surface area contributed by atoms with Gasteiger partial charge >= 0.3 is 6.03 Å². The summed E-state index contributed by atoms with van der Waals surface area (Å²) in [7, 11) is 3.32. The highest BCUT2D eigenvalue weighted by Crippen LogP contribution is 2.36. The molecule has 0 atom stereocenters. The van der Waals surface area contributed by atoms with Gasteiger partial charge in [0, 0.05) is 33.7 Å². The number of rotatable bonds is 2. The number of piperidine rings is 1. The van der Waals surface area contributed by atoms with Gasteiger partial charge in [-0.1, -0.05) is 12.1 Å². The third-order valence-electron chi connectivity index (χ3n) is 5.43. The second kappa shape index (κ2) is 5.53. The number of urea groups is 1. The molecule has 0 unspecified atom stereocenters. The highest BCUT2D eigenvalue weighted by atomic mass is 32.1. The quantitative estimate of drug-likeness (QED) is 0.784. The van der Waals surface area contributed by atoms with Crippen LogP contribution in [-0.4, -0.2) is 64.3 Å². The molecule has 3 amide bonds. The third kappa shape index (κ3) is 2.15. The highest BCUT2D eigenvalue weighted by molar-refractivity contribution is 7.16. The lowest BCUT2D eigenvalue weighted by Gasteiger charge is -2.40. The van der Waals surface area contributed by atoms with Crippen LogP contribution in [0.4, 0.5) is 4.79 Å². The number of fused-ring (bicyclic) bond motifs is 1. The summed E-state index contributed by atoms with van der Waals surface area (Å²) in [4.78, 5) is 34.3. The normalized spacial score (nSPS) is 21.4. The van der Waals surface area contributed by atoms with E-state index < -0.39 is 5.54 Å². The van der Waals surface area contributed by atoms with Crippen LogP contribution >= 0.6 is 11.3 Å². The molecule has 7 heteroatoms. The number of thiazole rings is 1. The molecule has 2 saturated heterocycles. The number of hydrogen-bond donors (Lipinski definition) is 0. The summed E-state index contributed by atoms with van der Waals surface area (Å²) < 4.78 is 1.24. The van der Waals surface area contributed by atoms with Crippen molar-refractivity contribution >= 4 is 33.5 Å². The molecule has 0 N–H and O–H groups in total. The average molecular weight is 344 g/mol. The Bertz CT molecular complexity index is 810. The van der Waals surface area contributed by atoms with Gasteiger partial charge in [0.25, 0.3) is 5.91 Å². The van der Waals surface area contributed by atoms with E-state index in [1.165, 1.54) is 15.2 Å². The number of nitrogens with zero attached hydrogens (tertiary/aromatic N) is 4. The number of likely N-dealkylation sites (tertiary alicyclic amines) is 1. The number of benzene rings is 1. The summed E-state index contributed by atoms with van der Waals surface area (Å²) in [5.41, 5.74) is 3.57. The Morgan fingerprint density at radius 1 is 1.21 bits per heavy atom. The van der Waals surface area contributed by atoms with E-state index in [1.54, 1.807) is 30.3 Å². The predicted molar refractivity (Wildman–Crippen MR) is 92.8 cm³/mol. The Labute approximate surface area is 144 Å². The van der Waals surface area contributed by atoms with Crippen LogP contribution in [0.2, 0.25) is 0 Å². The topological polar surface area (TPSA) is 56.8 Å². The van der Waals surface area contributed by atoms with Crippen molar-refractivity contribution in [3.8, 4) is 0 Å². The number of carbonyl (C=O) groups excluding carboxylic acids is 2. The number of carbonyl (C=O) groups is 2. The van der Waals surface area contributed by atoms with Gasteiger partial charge in [-0.25, -0.2) is 9.78 Å². The molecule has 126 valence electrons. The number of likely N-dealkylation sites (N-methyl/N-ethyl adjacent to an activating group) is 2. The van der Waals surface area contributed by atoms with Crippen molar-refractivity contribution in [1.29, 1.82) is 0 Å². The van der Waals surface area contributed by atoms with Crippen LogP contribution in [0.5, 0.6) is 0 Å². The lowest BCUT2D eigenvalue weighted by atomic mass is 9.86. The molecule has 24 heavy (non-hydrogen) atoms. The van der Waals surface area contributed by atoms with Gasteiger partial charge in [0.2, 0.25) is 0 Å². The average Bonchev–Trinajstić information content (AvgIpc) is 3.14. The Hall–Kier alpha value is -1.99. The van der Waals surface area contributed by atoms with Gasteiger partial charge in [-0.3, -0.25) is 14.6 Å². The number of imide groups is 1. The van der Waals surface area contributed by atoms with Crippen LogP contribution in [0.3, 0.4) is 0 Å². The first kappa shape index (κ1) is 15.5. The molecule has 2 aromatic rings. The maximum atomic E-state index is 12.5. The molecule has 4 rings (SSSR count). The summed E-state index contributed by atoms with van der Waals surface area (Å²) in [6.07, 6.45) is 1.38. The Kier molecular flexibility index (Phi) is 3.58. The molecule has 6 nitrogen and oxygen atoms in total. The van der Waals surface area contributed by atoms with Gasteiger partial charge in [0.15, 0.2) is 0 Å². The zero-order chi connectivity index (χ0) is 16.9. The maximum absolute atomic E-state index is 12.5. The molecule has 0 aliphatic carbocycles. The van der Waals surface area contributed by atoms with Crippen LogP contribution in [0.1, 0.15) is 18.4 Å². The van der Waals surface area contributed by atoms with E-state index in [1.807, 2.05) is 17.6 Å². The monoisotopic (exact) mass is 344 g/mol. The first-order valence-corrected chi connectivity index (χ1v) is 9.00. The van der Waals surface area contributed by atoms with Crippen molar-refractivity contribution < 1.29 is 9.59 Å². The fraction of sp³-hybridized carbons (Fsp3) is 0.471. The van der Waals surface area contributed by atoms with Crippen molar-refractivity contribution in [2.45, 2.75) is 24.9 Å². The van der Waals surface area contributed by atoms with Gasteiger partial charge in [0.1, 0.15) is 5.54 Å². The van der Waals surface area contributed by atoms with Crippen molar-refractivity contribution in [2.24, 2.45) is 0 Å². The zero-order valence-electron chi connectivity index (χ0n) is 13.9. The lowest BCUT2D eigenvalue weighted by molar-refractivity contribution is -0.134. The number of hydrogen-bond acceptors (Lipinski definition) is 5. The smallest absolute Gasteiger partial charge is 0.312 e. The Morgan fingerprint density at radius 3 is 2.62 bits per heavy atom. The Balaban J connectivity index is 1.50. The molecule has 0 saturated carbocycles. The minimum Gasteiger partial charge on any atom is -0.312 e. The van der Waals surface area contributed by atoms with Crippen LogP contribution in [-0.2, 0) is 11.3 Å². The molecule has 2 fully saturated rings. The number of amides is 3. The molecule has 0 radical (unpaired) electrons. The fourth-order valence-corrected chi connectivity index (χ4v) is 4.69. The molecular formula is C17H20N4O2S. The zero-order valence-corrected chi connectivity index (χ0v) is 14.7. The molecule has 2 aliphatic rings. The maximum Gasteiger partial charge on any atom is 0.327 e. The lowest BCUT2D eigenvalue weighted by Crippen LogP contribution is -2.55. The molecule has 1 spiro atoms. The van der Waals surface area contributed by atoms with Crippen molar-refractivity contribution in [1.82, 2.24) is 19.7 Å². The largest absolute Gasteiger partial charge is 0.327 e. The van der Waals surface area contributed by atoms with Gasteiger partial charge < -0.3 is 4.90 Å². The molecule has 1 aromatic heterocycles. The summed E-state index contributed by atoms with van der Waals surface area (Å²) in [5, 5.41) is 0. The van der Waals surface area contributed by atoms with E-state index in [0.29, 0.717) is 12.8 Å². The summed E-state index contributed by atoms with van der Waals surface area (Å²) in [6.45, 7) is 2.48. The number of aromatic nitrogens is 1. The fourth-order valence-electron chi connectivity index (χ4n) is 3.89. The van der Waals surface area contributed by atoms with E-state index in [0.717, 1.165) is 25.2 Å². The summed E-state index contributed by atoms with van der Waals surface area (Å²) in [6, 6.07) is 6.04. The van der Waals surface area contributed by atoms with E-state index in [4.69, 9.17) is 0 Å². The van der Waals surface area contributed by atoms with E-state index in [-0.39, 0.29) is 11.9 Å². The molecule has 2 aliphatic heterocycles. The summed E-state index contributed by atoms with van der Waals surface area (Å²) >= 11 is 1.67. The van der Waals surface area contributed by atoms with Crippen molar-refractivity contribution in [2.75, 3.05) is 27.2 Å². The van der Waals surface area contributed by atoms with Crippen molar-refractivity contribution in [3.05, 3.63) is 29.3 Å². The SMILES string of the molecule is CN1C(=O)N(C)C2(CCN(Cc3cccc4ncsc34)CC2)C1=O. The second-order valence-corrected chi connectivity index (χ2v) is 7.49. The van der Waals surface area contributed by atoms with Gasteiger partial charge in [-0.2, -0.15) is 0 Å². The van der Waals surface area contributed by atoms with Gasteiger partial charge in [-0.15, -0.1) is 11.3 Å². The first-order valence-electron chi connectivity index (χ1n) is 8.12. The second-order valence-electron chi connectivity index (χ2n) is 6.63. The van der Waals surface area contributed by atoms with E-state index in [2.05, 4.69) is 16.0 Å². The minimum atomic E-state index is -0.640. The predicted octanol–water partition coefficient (Wildman–Crippen LogP) is 2.15. The molecule has 3 heterocycles. The summed E-state index contributed by atoms with van der Waals surface area (Å²) in [5.74, 6) is -0.0563. The van der Waals surface area contributed by atoms with Crippen LogP contribution < -0.4 is 0 Å². The van der Waals surface area contributed by atoms with E-state index >= 15 is 0 Å². The first-order chi connectivity index (χ1) is 11.5. The molecule has 1 aromatic carbocycles. The molecular weight excluding hydrogens is 324 g/mol. The standard InChI is InChI=1S/C17H20N4O2S/c1-19-15(22)17(20(2)16(19)23)6-8-21(9-7-17)10-12-4-3-5-13-14(12)24-11-18-13/h3-5,11H,6-10H2,1-2H3. The minimum absolute atomic E-state index is 0.0563. The third-order valence-corrected chi connectivity index (χ3v) is 6.35.